The maximum atomic E-state index is 5.74. The van der Waals surface area contributed by atoms with Crippen molar-refractivity contribution < 1.29 is 0 Å². The Morgan fingerprint density at radius 2 is 1.76 bits per heavy atom. The number of nitrogen functional groups attached to an aromatic ring is 1. The number of hydrogen-bond donors (Lipinski definition) is 1. The Labute approximate surface area is 99.5 Å². The van der Waals surface area contributed by atoms with E-state index in [-0.39, 0.29) is 0 Å². The summed E-state index contributed by atoms with van der Waals surface area (Å²) in [5.74, 6) is 0. The highest BCUT2D eigenvalue weighted by molar-refractivity contribution is 5.63. The van der Waals surface area contributed by atoms with Crippen LogP contribution in [-0.4, -0.2) is 9.38 Å². The Hall–Kier alpha value is -2.29. The van der Waals surface area contributed by atoms with E-state index in [1.807, 2.05) is 28.9 Å². The number of rotatable bonds is 1. The number of imidazole rings is 1. The van der Waals surface area contributed by atoms with Gasteiger partial charge in [-0.1, -0.05) is 29.8 Å². The fourth-order valence-corrected chi connectivity index (χ4v) is 1.87. The van der Waals surface area contributed by atoms with Crippen LogP contribution < -0.4 is 5.73 Å². The van der Waals surface area contributed by atoms with E-state index in [0.29, 0.717) is 0 Å². The summed E-state index contributed by atoms with van der Waals surface area (Å²) in [5, 5.41) is 0. The predicted molar refractivity (Wildman–Crippen MR) is 69.8 cm³/mol. The molecule has 1 aromatic carbocycles. The lowest BCUT2D eigenvalue weighted by Gasteiger charge is -1.96. The molecule has 2 heterocycles. The average Bonchev–Trinajstić information content (AvgIpc) is 2.72. The molecule has 0 bridgehead atoms. The first-order valence-corrected chi connectivity index (χ1v) is 5.54. The smallest absolute Gasteiger partial charge is 0.137 e. The number of anilines is 1. The number of nitrogens with two attached hydrogens (primary N) is 1. The van der Waals surface area contributed by atoms with Gasteiger partial charge in [-0.15, -0.1) is 0 Å². The molecule has 0 saturated heterocycles. The van der Waals surface area contributed by atoms with E-state index >= 15 is 0 Å². The molecule has 3 nitrogen and oxygen atoms in total. The van der Waals surface area contributed by atoms with Crippen molar-refractivity contribution in [1.29, 1.82) is 0 Å². The van der Waals surface area contributed by atoms with Crippen LogP contribution in [0.5, 0.6) is 0 Å². The van der Waals surface area contributed by atoms with Crippen LogP contribution in [0.25, 0.3) is 16.9 Å². The van der Waals surface area contributed by atoms with Gasteiger partial charge in [-0.25, -0.2) is 4.98 Å². The van der Waals surface area contributed by atoms with Crippen molar-refractivity contribution in [2.75, 3.05) is 5.73 Å². The second kappa shape index (κ2) is 3.63. The fraction of sp³-hybridized carbons (Fsp3) is 0.0714. The van der Waals surface area contributed by atoms with Gasteiger partial charge in [0.25, 0.3) is 0 Å². The zero-order valence-electron chi connectivity index (χ0n) is 9.59. The normalized spacial score (nSPS) is 10.9. The molecule has 3 heteroatoms. The van der Waals surface area contributed by atoms with Gasteiger partial charge in [0.2, 0.25) is 0 Å². The van der Waals surface area contributed by atoms with Crippen molar-refractivity contribution in [3.8, 4) is 11.3 Å². The summed E-state index contributed by atoms with van der Waals surface area (Å²) in [5.41, 5.74) is 10.7. The van der Waals surface area contributed by atoms with Gasteiger partial charge < -0.3 is 10.1 Å². The lowest BCUT2D eigenvalue weighted by atomic mass is 10.1. The van der Waals surface area contributed by atoms with Crippen molar-refractivity contribution in [3.05, 3.63) is 54.4 Å². The Bertz CT molecular complexity index is 666. The Morgan fingerprint density at radius 3 is 2.53 bits per heavy atom. The van der Waals surface area contributed by atoms with Crippen molar-refractivity contribution in [3.63, 3.8) is 0 Å². The van der Waals surface area contributed by atoms with E-state index < -0.39 is 0 Å². The van der Waals surface area contributed by atoms with Gasteiger partial charge >= 0.3 is 0 Å². The largest absolute Gasteiger partial charge is 0.398 e. The Morgan fingerprint density at radius 1 is 1.00 bits per heavy atom. The standard InChI is InChI=1S/C14H13N3/c1-10-2-4-11(5-3-10)13-9-17-8-12(15)6-7-14(17)16-13/h2-9H,15H2,1H3. The van der Waals surface area contributed by atoms with E-state index in [0.717, 1.165) is 22.6 Å². The monoisotopic (exact) mass is 223 g/mol. The first-order valence-electron chi connectivity index (χ1n) is 5.54. The minimum Gasteiger partial charge on any atom is -0.398 e. The second-order valence-electron chi connectivity index (χ2n) is 4.22. The predicted octanol–water partition coefficient (Wildman–Crippen LogP) is 2.89. The van der Waals surface area contributed by atoms with E-state index in [1.54, 1.807) is 0 Å². The molecule has 0 radical (unpaired) electrons. The molecule has 0 fully saturated rings. The first-order chi connectivity index (χ1) is 8.22. The molecule has 3 rings (SSSR count). The zero-order chi connectivity index (χ0) is 11.8. The molecule has 0 aliphatic carbocycles. The van der Waals surface area contributed by atoms with Gasteiger partial charge in [0.05, 0.1) is 5.69 Å². The van der Waals surface area contributed by atoms with Crippen LogP contribution in [0.4, 0.5) is 5.69 Å². The maximum absolute atomic E-state index is 5.74. The van der Waals surface area contributed by atoms with E-state index in [4.69, 9.17) is 5.73 Å². The van der Waals surface area contributed by atoms with Gasteiger partial charge in [0, 0.05) is 23.6 Å². The van der Waals surface area contributed by atoms with Crippen LogP contribution >= 0.6 is 0 Å². The number of benzene rings is 1. The fourth-order valence-electron chi connectivity index (χ4n) is 1.87. The number of pyridine rings is 1. The molecule has 0 aliphatic rings. The molecule has 0 atom stereocenters. The topological polar surface area (TPSA) is 43.3 Å². The number of hydrogen-bond acceptors (Lipinski definition) is 2. The van der Waals surface area contributed by atoms with Crippen molar-refractivity contribution in [2.24, 2.45) is 0 Å². The van der Waals surface area contributed by atoms with Crippen LogP contribution in [0.15, 0.2) is 48.8 Å². The molecular formula is C14H13N3. The average molecular weight is 223 g/mol. The van der Waals surface area contributed by atoms with Gasteiger partial charge in [-0.05, 0) is 19.1 Å². The first kappa shape index (κ1) is 9.90. The van der Waals surface area contributed by atoms with E-state index in [1.165, 1.54) is 5.56 Å². The molecule has 2 N–H and O–H groups in total. The SMILES string of the molecule is Cc1ccc(-c2cn3cc(N)ccc3n2)cc1. The van der Waals surface area contributed by atoms with Gasteiger partial charge in [0.15, 0.2) is 0 Å². The third-order valence-electron chi connectivity index (χ3n) is 2.82. The minimum atomic E-state index is 0.741. The maximum Gasteiger partial charge on any atom is 0.137 e. The van der Waals surface area contributed by atoms with E-state index in [9.17, 15) is 0 Å². The lowest BCUT2D eigenvalue weighted by Crippen LogP contribution is -1.88. The minimum absolute atomic E-state index is 0.741. The number of aromatic nitrogens is 2. The summed E-state index contributed by atoms with van der Waals surface area (Å²) in [4.78, 5) is 4.56. The van der Waals surface area contributed by atoms with Gasteiger partial charge in [-0.3, -0.25) is 0 Å². The van der Waals surface area contributed by atoms with Crippen LogP contribution in [0.2, 0.25) is 0 Å². The van der Waals surface area contributed by atoms with Crippen molar-refractivity contribution in [2.45, 2.75) is 6.92 Å². The molecule has 0 unspecified atom stereocenters. The van der Waals surface area contributed by atoms with Crippen LogP contribution in [0, 0.1) is 6.92 Å². The number of nitrogens with zero attached hydrogens (tertiary/aromatic N) is 2. The molecule has 3 aromatic rings. The molecule has 84 valence electrons. The number of fused-ring (bicyclic) bond motifs is 1. The summed E-state index contributed by atoms with van der Waals surface area (Å²) in [6.07, 6.45) is 3.87. The van der Waals surface area contributed by atoms with Crippen molar-refractivity contribution in [1.82, 2.24) is 9.38 Å². The molecule has 17 heavy (non-hydrogen) atoms. The molecular weight excluding hydrogens is 210 g/mol. The van der Waals surface area contributed by atoms with E-state index in [2.05, 4.69) is 36.2 Å². The Kier molecular flexibility index (Phi) is 2.11. The third kappa shape index (κ3) is 1.76. The molecule has 0 saturated carbocycles. The third-order valence-corrected chi connectivity index (χ3v) is 2.82. The highest BCUT2D eigenvalue weighted by Gasteiger charge is 2.03. The highest BCUT2D eigenvalue weighted by atomic mass is 15.0. The molecule has 0 amide bonds. The second-order valence-corrected chi connectivity index (χ2v) is 4.22. The highest BCUT2D eigenvalue weighted by Crippen LogP contribution is 2.20. The van der Waals surface area contributed by atoms with Crippen LogP contribution in [0.3, 0.4) is 0 Å². The summed E-state index contributed by atoms with van der Waals surface area (Å²) < 4.78 is 1.95. The quantitative estimate of drug-likeness (QED) is 0.689. The van der Waals surface area contributed by atoms with Gasteiger partial charge in [-0.2, -0.15) is 0 Å². The van der Waals surface area contributed by atoms with Crippen LogP contribution in [0.1, 0.15) is 5.56 Å². The number of aryl methyl sites for hydroxylation is 1. The zero-order valence-corrected chi connectivity index (χ0v) is 9.59. The van der Waals surface area contributed by atoms with Gasteiger partial charge in [0.1, 0.15) is 5.65 Å². The summed E-state index contributed by atoms with van der Waals surface area (Å²) in [6, 6.07) is 12.1. The molecule has 2 aromatic heterocycles. The summed E-state index contributed by atoms with van der Waals surface area (Å²) in [6.45, 7) is 2.08. The molecule has 0 aliphatic heterocycles. The van der Waals surface area contributed by atoms with Crippen molar-refractivity contribution >= 4 is 11.3 Å². The molecule has 0 spiro atoms. The lowest BCUT2D eigenvalue weighted by molar-refractivity contribution is 1.19. The Balaban J connectivity index is 2.14. The summed E-state index contributed by atoms with van der Waals surface area (Å²) in [7, 11) is 0. The van der Waals surface area contributed by atoms with Crippen LogP contribution in [-0.2, 0) is 0 Å². The summed E-state index contributed by atoms with van der Waals surface area (Å²) >= 11 is 0.